The Morgan fingerprint density at radius 2 is 0.793 bits per heavy atom. The molecular weight excluding hydrogens is 427 g/mol. The second-order valence-electron chi connectivity index (χ2n) is 5.00. The average Bonchev–Trinajstić information content (AvgIpc) is 2.71. The Hall–Kier alpha value is -2.41. The Labute approximate surface area is 201 Å². The number of benzene rings is 3. The monoisotopic (exact) mass is 444 g/mol. The fourth-order valence-electron chi connectivity index (χ4n) is 1.74. The van der Waals surface area contributed by atoms with E-state index in [0.717, 1.165) is 0 Å². The Morgan fingerprint density at radius 1 is 0.552 bits per heavy atom. The van der Waals surface area contributed by atoms with E-state index in [4.69, 9.17) is 10.2 Å². The van der Waals surface area contributed by atoms with E-state index < -0.39 is 17.9 Å². The van der Waals surface area contributed by atoms with E-state index in [2.05, 4.69) is 0 Å². The first-order valence-electron chi connectivity index (χ1n) is 7.75. The minimum absolute atomic E-state index is 0. The molecule has 3 aromatic rings. The molecule has 0 unspecified atom stereocenters. The SMILES string of the molecule is O=C(O)c1ccccc1.O=C(O)c1ccccc1.O=C([O-])c1ccccc1.[Fe].[Na+]. The van der Waals surface area contributed by atoms with Crippen LogP contribution in [0.5, 0.6) is 0 Å². The largest absolute Gasteiger partial charge is 1.00 e. The van der Waals surface area contributed by atoms with Gasteiger partial charge in [0.15, 0.2) is 0 Å². The average molecular weight is 444 g/mol. The minimum Gasteiger partial charge on any atom is -0.545 e. The van der Waals surface area contributed by atoms with E-state index >= 15 is 0 Å². The molecule has 3 aromatic carbocycles. The third-order valence-corrected chi connectivity index (χ3v) is 3.05. The molecule has 0 heterocycles. The standard InChI is InChI=1S/3C7H6O2.Fe.Na/c3*8-7(9)6-4-2-1-3-5-6;;/h3*1-5H,(H,8,9);;/q;;;;+1/p-1. The van der Waals surface area contributed by atoms with Crippen LogP contribution in [0, 0.1) is 0 Å². The van der Waals surface area contributed by atoms with Crippen LogP contribution in [0.2, 0.25) is 0 Å². The first-order valence-corrected chi connectivity index (χ1v) is 7.75. The van der Waals surface area contributed by atoms with Crippen molar-refractivity contribution < 1.29 is 76.3 Å². The van der Waals surface area contributed by atoms with Crippen LogP contribution < -0.4 is 34.7 Å². The summed E-state index contributed by atoms with van der Waals surface area (Å²) in [6.45, 7) is 0. The van der Waals surface area contributed by atoms with Gasteiger partial charge in [-0.15, -0.1) is 0 Å². The van der Waals surface area contributed by atoms with Crippen molar-refractivity contribution in [2.45, 2.75) is 0 Å². The van der Waals surface area contributed by atoms with Gasteiger partial charge in [0.25, 0.3) is 0 Å². The third-order valence-electron chi connectivity index (χ3n) is 3.05. The molecular formula is C21H17FeNaO6. The number of carbonyl (C=O) groups is 3. The molecule has 6 nitrogen and oxygen atoms in total. The van der Waals surface area contributed by atoms with Crippen LogP contribution in [-0.2, 0) is 17.1 Å². The third kappa shape index (κ3) is 12.6. The van der Waals surface area contributed by atoms with Gasteiger partial charge in [0.05, 0.1) is 17.1 Å². The van der Waals surface area contributed by atoms with Crippen molar-refractivity contribution in [2.24, 2.45) is 0 Å². The number of aromatic carboxylic acids is 3. The van der Waals surface area contributed by atoms with Gasteiger partial charge in [0, 0.05) is 17.1 Å². The molecule has 0 spiro atoms. The van der Waals surface area contributed by atoms with Crippen molar-refractivity contribution in [3.05, 3.63) is 108 Å². The number of carbonyl (C=O) groups excluding carboxylic acids is 1. The number of carboxylic acid groups (broad SMARTS) is 3. The van der Waals surface area contributed by atoms with Crippen molar-refractivity contribution in [1.29, 1.82) is 0 Å². The van der Waals surface area contributed by atoms with Crippen molar-refractivity contribution in [1.82, 2.24) is 0 Å². The van der Waals surface area contributed by atoms with E-state index in [-0.39, 0.29) is 52.2 Å². The van der Waals surface area contributed by atoms with Crippen LogP contribution in [0.25, 0.3) is 0 Å². The topological polar surface area (TPSA) is 115 Å². The van der Waals surface area contributed by atoms with Gasteiger partial charge in [-0.2, -0.15) is 0 Å². The van der Waals surface area contributed by atoms with E-state index in [1.165, 1.54) is 12.1 Å². The van der Waals surface area contributed by atoms with Gasteiger partial charge >= 0.3 is 41.5 Å². The van der Waals surface area contributed by atoms with Crippen LogP contribution in [0.15, 0.2) is 91.0 Å². The molecule has 0 amide bonds. The van der Waals surface area contributed by atoms with Gasteiger partial charge in [0.2, 0.25) is 0 Å². The fourth-order valence-corrected chi connectivity index (χ4v) is 1.74. The maximum absolute atomic E-state index is 10.2. The zero-order valence-corrected chi connectivity index (χ0v) is 18.6. The summed E-state index contributed by atoms with van der Waals surface area (Å²) < 4.78 is 0. The zero-order chi connectivity index (χ0) is 20.1. The van der Waals surface area contributed by atoms with Crippen molar-refractivity contribution in [2.75, 3.05) is 0 Å². The van der Waals surface area contributed by atoms with Crippen LogP contribution in [0.1, 0.15) is 31.1 Å². The van der Waals surface area contributed by atoms with E-state index in [1.54, 1.807) is 78.9 Å². The molecule has 8 heteroatoms. The molecule has 0 aliphatic heterocycles. The Balaban J connectivity index is 0. The summed E-state index contributed by atoms with van der Waals surface area (Å²) in [5.41, 5.74) is 0.882. The summed E-state index contributed by atoms with van der Waals surface area (Å²) in [7, 11) is 0. The molecule has 0 aromatic heterocycles. The van der Waals surface area contributed by atoms with Crippen molar-refractivity contribution in [3.8, 4) is 0 Å². The number of hydrogen-bond acceptors (Lipinski definition) is 4. The summed E-state index contributed by atoms with van der Waals surface area (Å²) in [5.74, 6) is -2.89. The second-order valence-corrected chi connectivity index (χ2v) is 5.00. The van der Waals surface area contributed by atoms with Gasteiger partial charge in [-0.1, -0.05) is 66.7 Å². The summed E-state index contributed by atoms with van der Waals surface area (Å²) in [6, 6.07) is 24.7. The quantitative estimate of drug-likeness (QED) is 0.542. The molecule has 0 atom stereocenters. The van der Waals surface area contributed by atoms with Crippen LogP contribution >= 0.6 is 0 Å². The van der Waals surface area contributed by atoms with Crippen molar-refractivity contribution >= 4 is 17.9 Å². The van der Waals surface area contributed by atoms with Gasteiger partial charge in [-0.3, -0.25) is 0 Å². The Bertz CT molecular complexity index is 740. The summed E-state index contributed by atoms with van der Waals surface area (Å²) in [4.78, 5) is 30.5. The molecule has 0 saturated heterocycles. The van der Waals surface area contributed by atoms with Gasteiger partial charge in [-0.05, 0) is 29.8 Å². The minimum atomic E-state index is -1.13. The molecule has 29 heavy (non-hydrogen) atoms. The maximum Gasteiger partial charge on any atom is 1.00 e. The normalized spacial score (nSPS) is 8.28. The zero-order valence-electron chi connectivity index (χ0n) is 15.5. The molecule has 3 rings (SSSR count). The Morgan fingerprint density at radius 3 is 0.931 bits per heavy atom. The molecule has 0 bridgehead atoms. The summed E-state index contributed by atoms with van der Waals surface area (Å²) >= 11 is 0. The van der Waals surface area contributed by atoms with Crippen molar-refractivity contribution in [3.63, 3.8) is 0 Å². The number of carboxylic acids is 3. The molecule has 0 fully saturated rings. The van der Waals surface area contributed by atoms with Gasteiger partial charge in [-0.25, -0.2) is 9.59 Å². The fraction of sp³-hybridized carbons (Fsp3) is 0. The van der Waals surface area contributed by atoms with E-state index in [1.807, 2.05) is 0 Å². The molecule has 0 saturated carbocycles. The van der Waals surface area contributed by atoms with Gasteiger partial charge < -0.3 is 20.1 Å². The van der Waals surface area contributed by atoms with E-state index in [9.17, 15) is 19.5 Å². The smallest absolute Gasteiger partial charge is 0.545 e. The predicted octanol–water partition coefficient (Wildman–Crippen LogP) is -0.179. The van der Waals surface area contributed by atoms with E-state index in [0.29, 0.717) is 11.1 Å². The summed E-state index contributed by atoms with van der Waals surface area (Å²) in [5, 5.41) is 26.9. The molecule has 0 radical (unpaired) electrons. The molecule has 146 valence electrons. The maximum atomic E-state index is 10.2. The van der Waals surface area contributed by atoms with Crippen LogP contribution in [0.3, 0.4) is 0 Å². The number of hydrogen-bond donors (Lipinski definition) is 2. The first-order chi connectivity index (χ1) is 12.9. The predicted molar refractivity (Wildman–Crippen MR) is 97.6 cm³/mol. The van der Waals surface area contributed by atoms with Crippen LogP contribution in [0.4, 0.5) is 0 Å². The summed E-state index contributed by atoms with van der Waals surface area (Å²) in [6.07, 6.45) is 0. The first kappa shape index (κ1) is 28.8. The number of rotatable bonds is 3. The Kier molecular flexibility index (Phi) is 16.4. The van der Waals surface area contributed by atoms with Crippen LogP contribution in [-0.4, -0.2) is 28.1 Å². The second kappa shape index (κ2) is 16.5. The molecule has 0 aliphatic carbocycles. The van der Waals surface area contributed by atoms with Gasteiger partial charge in [0.1, 0.15) is 0 Å². The molecule has 2 N–H and O–H groups in total. The molecule has 0 aliphatic rings.